The van der Waals surface area contributed by atoms with E-state index in [1.165, 1.54) is 4.90 Å². The number of thioether (sulfide) groups is 1. The van der Waals surface area contributed by atoms with Crippen molar-refractivity contribution in [1.82, 2.24) is 74.4 Å². The molecule has 4 aromatic rings. The summed E-state index contributed by atoms with van der Waals surface area (Å²) in [5, 5.41) is 86.6. The smallest absolute Gasteiger partial charge is 0.243 e. The summed E-state index contributed by atoms with van der Waals surface area (Å²) in [4.78, 5) is 134. The lowest BCUT2D eigenvalue weighted by atomic mass is 10.0. The average molecular weight is 1760 g/mol. The molecule has 0 saturated heterocycles. The minimum Gasteiger partial charge on any atom is -0.370 e. The van der Waals surface area contributed by atoms with Gasteiger partial charge in [0, 0.05) is 120 Å². The summed E-state index contributed by atoms with van der Waals surface area (Å²) in [6, 6.07) is 16.8. The normalized spacial score (nSPS) is 13.5. The van der Waals surface area contributed by atoms with Gasteiger partial charge >= 0.3 is 0 Å². The predicted molar refractivity (Wildman–Crippen MR) is 479 cm³/mol. The number of halogens is 2. The van der Waals surface area contributed by atoms with Gasteiger partial charge in [-0.15, -0.1) is 23.2 Å². The van der Waals surface area contributed by atoms with E-state index in [-0.39, 0.29) is 166 Å². The summed E-state index contributed by atoms with van der Waals surface area (Å²) in [5.41, 5.74) is 44.7. The second kappa shape index (κ2) is 55.9. The van der Waals surface area contributed by atoms with Gasteiger partial charge in [-0.05, 0) is 170 Å². The molecule has 0 aliphatic carbocycles. The van der Waals surface area contributed by atoms with Gasteiger partial charge in [0.1, 0.15) is 48.8 Å². The third-order valence-electron chi connectivity index (χ3n) is 19.8. The zero-order chi connectivity index (χ0) is 89.3. The molecule has 0 unspecified atom stereocenters. The van der Waals surface area contributed by atoms with E-state index in [0.717, 1.165) is 44.9 Å². The number of alkyl halides is 2. The Labute approximate surface area is 726 Å². The zero-order valence-corrected chi connectivity index (χ0v) is 71.8. The van der Waals surface area contributed by atoms with E-state index in [0.29, 0.717) is 69.9 Å². The van der Waals surface area contributed by atoms with E-state index in [4.69, 9.17) is 95.8 Å². The highest BCUT2D eigenvalue weighted by Gasteiger charge is 2.35. The Morgan fingerprint density at radius 2 is 0.811 bits per heavy atom. The second-order valence-corrected chi connectivity index (χ2v) is 31.2. The number of anilines is 2. The maximum atomic E-state index is 15.0. The van der Waals surface area contributed by atoms with Crippen LogP contribution in [0.4, 0.5) is 11.4 Å². The van der Waals surface area contributed by atoms with E-state index in [1.54, 1.807) is 11.8 Å². The number of aryl methyl sites for hydroxylation is 2. The first-order chi connectivity index (χ1) is 58.5. The van der Waals surface area contributed by atoms with Crippen LogP contribution in [0.25, 0.3) is 17.0 Å². The van der Waals surface area contributed by atoms with Crippen LogP contribution in [0.5, 0.6) is 0 Å². The number of guanidine groups is 6. The van der Waals surface area contributed by atoms with Gasteiger partial charge in [-0.3, -0.25) is 75.6 Å². The van der Waals surface area contributed by atoms with Crippen LogP contribution in [-0.4, -0.2) is 209 Å². The van der Waals surface area contributed by atoms with Gasteiger partial charge in [0.15, 0.2) is 42.0 Å². The third kappa shape index (κ3) is 38.7. The van der Waals surface area contributed by atoms with Gasteiger partial charge in [0.05, 0.1) is 16.1 Å². The molecule has 0 radical (unpaired) electrons. The Morgan fingerprint density at radius 1 is 0.426 bits per heavy atom. The summed E-state index contributed by atoms with van der Waals surface area (Å²) in [6.07, 6.45) is 8.52. The predicted octanol–water partition coefficient (Wildman–Crippen LogP) is 0.280. The molecule has 3 aromatic carbocycles. The van der Waals surface area contributed by atoms with Crippen LogP contribution in [-0.2, 0) is 56.1 Å². The fourth-order valence-corrected chi connectivity index (χ4v) is 14.9. The van der Waals surface area contributed by atoms with E-state index < -0.39 is 107 Å². The van der Waals surface area contributed by atoms with E-state index in [9.17, 15) is 43.2 Å². The second-order valence-electron chi connectivity index (χ2n) is 29.4. The number of para-hydroxylation sites is 2. The molecule has 1 aliphatic heterocycles. The highest BCUT2D eigenvalue weighted by molar-refractivity contribution is 8.03. The molecule has 5 rings (SSSR count). The summed E-state index contributed by atoms with van der Waals surface area (Å²) in [5.74, 6) is -8.07. The quantitative estimate of drug-likeness (QED) is 0.00928. The lowest BCUT2D eigenvalue weighted by molar-refractivity contribution is -0.671. The fraction of sp³-hybridized carbons (Fsp3) is 0.525. The molecule has 0 saturated carbocycles. The van der Waals surface area contributed by atoms with Gasteiger partial charge < -0.3 is 124 Å². The van der Waals surface area contributed by atoms with E-state index in [2.05, 4.69) is 138 Å². The molecule has 34 N–H and O–H groups in total. The molecule has 1 aliphatic rings. The first-order valence-electron chi connectivity index (χ1n) is 41.2. The maximum Gasteiger partial charge on any atom is 0.243 e. The number of fused-ring (bicyclic) bond motifs is 2. The molecule has 122 heavy (non-hydrogen) atoms. The number of aromatic nitrogens is 1. The number of nitrogens with one attached hydrogen (secondary N) is 20. The Bertz CT molecular complexity index is 4160. The maximum absolute atomic E-state index is 15.0. The molecular weight excluding hydrogens is 1630 g/mol. The molecule has 9 amide bonds. The number of nitrogens with zero attached hydrogens (tertiary/aromatic N) is 3. The molecule has 42 heteroatoms. The number of primary amides is 1. The standard InChI is InChI=1S/C80H126Cl2N30O9S/c1-110-63-28-6-7-29-64(63)122-67(110)50-52-36-47-112(62-27-5-4-19-54(52)62)46-10-2-3-30-66(114)103-56(21-12-40-97-75(84)85)69(116)105-58(23-14-42-99-77(88)89)71(118)107-60(25-16-44-101-79(92)93)73(120)109-61(26-17-45-102-80(94)95)74(121)108-59(24-15-43-100-78(90)91)72(119)106-57(22-13-41-98-76(86)87)70(117)104-55(68(83)115)20-8-9-39-96-65(113)31-11-18-51-32-34-53(35-33-51)111(48-37-81)49-38-82/h4-7,19,27-29,32-36,47,50,55-61H,2-3,8-18,20-26,30-31,37-46,48-49H2,1H3,(H33-,83,84,85,86,87,88,89,90,91,92,93,94,95,96,97,98,99,100,101,102,103,104,105,106,107,108,109,113,114,115,116,117,118,119,120,121)/p+1/t55-,56+,57+,58+,59+,60+,61+/m1/s1. The fourth-order valence-electron chi connectivity index (χ4n) is 13.4. The van der Waals surface area contributed by atoms with Gasteiger partial charge in [-0.25, -0.2) is 0 Å². The van der Waals surface area contributed by atoms with Gasteiger partial charge in [-0.1, -0.05) is 48.2 Å². The van der Waals surface area contributed by atoms with Crippen molar-refractivity contribution in [3.8, 4) is 0 Å². The minimum absolute atomic E-state index is 0.0174. The molecular formula is C80H127Cl2N30O9S+. The van der Waals surface area contributed by atoms with Crippen molar-refractivity contribution in [2.45, 2.75) is 195 Å². The summed E-state index contributed by atoms with van der Waals surface area (Å²) in [7, 11) is 2.06. The minimum atomic E-state index is -1.52. The Balaban J connectivity index is 1.31. The number of amides is 9. The number of carbonyl (C=O) groups is 9. The van der Waals surface area contributed by atoms with Crippen LogP contribution in [0.15, 0.2) is 95.0 Å². The van der Waals surface area contributed by atoms with Crippen LogP contribution in [0, 0.1) is 32.5 Å². The molecule has 0 spiro atoms. The zero-order valence-electron chi connectivity index (χ0n) is 69.5. The molecule has 39 nitrogen and oxygen atoms in total. The number of pyridine rings is 1. The van der Waals surface area contributed by atoms with Crippen LogP contribution in [0.3, 0.4) is 0 Å². The number of nitrogens with two attached hydrogens (primary N) is 7. The topological polar surface area (TPSA) is 658 Å². The monoisotopic (exact) mass is 1750 g/mol. The number of carbonyl (C=O) groups excluding carboxylic acids is 9. The van der Waals surface area contributed by atoms with Crippen LogP contribution in [0.2, 0.25) is 0 Å². The van der Waals surface area contributed by atoms with Crippen molar-refractivity contribution in [3.05, 3.63) is 101 Å². The number of hydrogen-bond donors (Lipinski definition) is 27. The van der Waals surface area contributed by atoms with E-state index in [1.807, 2.05) is 48.5 Å². The van der Waals surface area contributed by atoms with Crippen molar-refractivity contribution in [2.24, 2.45) is 40.1 Å². The summed E-state index contributed by atoms with van der Waals surface area (Å²) in [6.45, 7) is 2.61. The van der Waals surface area contributed by atoms with Crippen molar-refractivity contribution < 1.29 is 47.7 Å². The molecule has 670 valence electrons. The molecule has 2 heterocycles. The largest absolute Gasteiger partial charge is 0.370 e. The average Bonchev–Trinajstić information content (AvgIpc) is 1.49. The summed E-state index contributed by atoms with van der Waals surface area (Å²) < 4.78 is 2.19. The van der Waals surface area contributed by atoms with Gasteiger partial charge in [-0.2, -0.15) is 4.57 Å². The molecule has 0 fully saturated rings. The van der Waals surface area contributed by atoms with Crippen LogP contribution >= 0.6 is 35.0 Å². The highest BCUT2D eigenvalue weighted by Crippen LogP contribution is 2.45. The first kappa shape index (κ1) is 101. The SMILES string of the molecule is CN1/C(=C\c2cc[n+](CCCCCC(=O)N[C@@H](CCCNC(=N)N)C(=O)N[C@@H](CCCNC(=N)N)C(=O)N[C@@H](CCCNC(=N)N)C(=O)N[C@@H](CCCNC(=N)N)C(=O)N[C@@H](CCCNC(=N)N)C(=O)N[C@@H](CCCNC(=N)N)C(=O)N[C@H](CCCCNC(=O)CCCc3ccc(N(CCCl)CCCl)cc3)C(N)=O)c3ccccc23)Sc2ccccc21. The third-order valence-corrected chi connectivity index (χ3v) is 21.3. The number of hydrogen-bond acceptors (Lipinski definition) is 18. The van der Waals surface area contributed by atoms with Crippen molar-refractivity contribution in [1.29, 1.82) is 32.5 Å². The number of benzene rings is 3. The van der Waals surface area contributed by atoms with E-state index >= 15 is 0 Å². The number of rotatable bonds is 59. The van der Waals surface area contributed by atoms with Gasteiger partial charge in [0.25, 0.3) is 0 Å². The molecule has 0 bridgehead atoms. The van der Waals surface area contributed by atoms with Crippen molar-refractivity contribution >= 4 is 152 Å². The van der Waals surface area contributed by atoms with Crippen molar-refractivity contribution in [2.75, 3.05) is 87.5 Å². The highest BCUT2D eigenvalue weighted by atomic mass is 35.5. The Kier molecular flexibility index (Phi) is 46.2. The summed E-state index contributed by atoms with van der Waals surface area (Å²) >= 11 is 13.7. The first-order valence-corrected chi connectivity index (χ1v) is 43.1. The lowest BCUT2D eigenvalue weighted by Crippen LogP contribution is -2.60. The lowest BCUT2D eigenvalue weighted by Gasteiger charge is -2.28. The number of unbranched alkanes of at least 4 members (excludes halogenated alkanes) is 3. The molecule has 1 aromatic heterocycles. The Hall–Kier alpha value is -11.8. The van der Waals surface area contributed by atoms with Crippen LogP contribution < -0.4 is 129 Å². The van der Waals surface area contributed by atoms with Gasteiger partial charge in [0.2, 0.25) is 58.7 Å². The Morgan fingerprint density at radius 3 is 1.23 bits per heavy atom. The van der Waals surface area contributed by atoms with Crippen molar-refractivity contribution in [3.63, 3.8) is 0 Å². The molecule has 7 atom stereocenters. The van der Waals surface area contributed by atoms with Crippen LogP contribution in [0.1, 0.15) is 146 Å².